The first-order chi connectivity index (χ1) is 26.1. The summed E-state index contributed by atoms with van der Waals surface area (Å²) in [6.07, 6.45) is 2.73. The van der Waals surface area contributed by atoms with E-state index in [2.05, 4.69) is 36.0 Å². The van der Waals surface area contributed by atoms with E-state index in [1.54, 1.807) is 25.3 Å². The maximum absolute atomic E-state index is 13.9. The summed E-state index contributed by atoms with van der Waals surface area (Å²) in [4.78, 5) is 4.58. The fourth-order valence-corrected chi connectivity index (χ4v) is 8.92. The number of benzene rings is 5. The van der Waals surface area contributed by atoms with Gasteiger partial charge in [-0.05, 0) is 122 Å². The Labute approximate surface area is 316 Å². The zero-order valence-corrected chi connectivity index (χ0v) is 31.7. The van der Waals surface area contributed by atoms with Crippen LogP contribution in [0.2, 0.25) is 0 Å². The number of aliphatic hydroxyl groups excluding tert-OH is 1. The molecular weight excluding hydrogens is 705 g/mol. The van der Waals surface area contributed by atoms with Crippen LogP contribution in [0.15, 0.2) is 95.9 Å². The molecule has 54 heavy (non-hydrogen) atoms. The third kappa shape index (κ3) is 6.77. The predicted molar refractivity (Wildman–Crippen MR) is 205 cm³/mol. The lowest BCUT2D eigenvalue weighted by Crippen LogP contribution is -2.34. The number of nitrogens with zero attached hydrogens (tertiary/aromatic N) is 2. The number of fused-ring (bicyclic) bond motifs is 2. The first-order valence-electron chi connectivity index (χ1n) is 18.2. The summed E-state index contributed by atoms with van der Waals surface area (Å²) < 4.78 is 59.0. The topological polar surface area (TPSA) is 107 Å². The Morgan fingerprint density at radius 3 is 2.15 bits per heavy atom. The lowest BCUT2D eigenvalue weighted by atomic mass is 9.86. The summed E-state index contributed by atoms with van der Waals surface area (Å²) in [7, 11) is 2.97. The van der Waals surface area contributed by atoms with Gasteiger partial charge in [0.2, 0.25) is 5.75 Å². The van der Waals surface area contributed by atoms with Gasteiger partial charge in [-0.2, -0.15) is 8.42 Å². The molecule has 0 unspecified atom stereocenters. The van der Waals surface area contributed by atoms with E-state index in [4.69, 9.17) is 23.1 Å². The van der Waals surface area contributed by atoms with Gasteiger partial charge in [-0.25, -0.2) is 0 Å². The smallest absolute Gasteiger partial charge is 0.339 e. The third-order valence-electron chi connectivity index (χ3n) is 10.9. The Morgan fingerprint density at radius 1 is 0.741 bits per heavy atom. The van der Waals surface area contributed by atoms with Crippen molar-refractivity contribution < 1.29 is 36.7 Å². The highest BCUT2D eigenvalue weighted by Gasteiger charge is 2.36. The van der Waals surface area contributed by atoms with Crippen LogP contribution in [0.5, 0.6) is 40.2 Å². The zero-order valence-electron chi connectivity index (χ0n) is 30.9. The monoisotopic (exact) mass is 748 g/mol. The number of hydrogen-bond donors (Lipinski definition) is 1. The molecular formula is C43H44N2O8S. The van der Waals surface area contributed by atoms with E-state index < -0.39 is 10.1 Å². The van der Waals surface area contributed by atoms with Gasteiger partial charge in [0.25, 0.3) is 0 Å². The summed E-state index contributed by atoms with van der Waals surface area (Å²) in [6.45, 7) is 1.32. The standard InChI is InChI=1S/C43H44N2O8S/c1-44-18-16-29-23-31(26-46)38-25-34(29)35(44)20-27-10-13-32(14-11-27)51-39-22-28(12-15-37(39)49-3)21-36-41-30(17-19-45(36)2)24-40(50-4)42(43(41)52-38)53-54(47,48)33-8-6-5-7-9-33/h5-15,22-25,35-36,46H,16-21,26H2,1-4H3/t35-,36-/m0/s1. The van der Waals surface area contributed by atoms with Crippen LogP contribution in [0, 0.1) is 0 Å². The highest BCUT2D eigenvalue weighted by Crippen LogP contribution is 2.52. The second kappa shape index (κ2) is 14.6. The molecule has 1 N–H and O–H groups in total. The van der Waals surface area contributed by atoms with E-state index in [0.29, 0.717) is 41.4 Å². The van der Waals surface area contributed by atoms with Crippen LogP contribution in [0.3, 0.4) is 0 Å². The Kier molecular flexibility index (Phi) is 9.74. The molecule has 4 aliphatic rings. The van der Waals surface area contributed by atoms with Crippen molar-refractivity contribution in [3.05, 3.63) is 130 Å². The fraction of sp³-hybridized carbons (Fsp3) is 0.302. The van der Waals surface area contributed by atoms with Crippen LogP contribution in [0.25, 0.3) is 0 Å². The molecule has 4 heterocycles. The Balaban J connectivity index is 1.38. The van der Waals surface area contributed by atoms with E-state index >= 15 is 0 Å². The van der Waals surface area contributed by atoms with Gasteiger partial charge < -0.3 is 28.2 Å². The van der Waals surface area contributed by atoms with Crippen molar-refractivity contribution in [3.63, 3.8) is 0 Å². The molecule has 0 radical (unpaired) electrons. The number of hydrogen-bond acceptors (Lipinski definition) is 10. The molecule has 0 saturated heterocycles. The number of ether oxygens (including phenoxy) is 4. The maximum atomic E-state index is 13.9. The minimum absolute atomic E-state index is 0.0000637. The largest absolute Gasteiger partial charge is 0.493 e. The summed E-state index contributed by atoms with van der Waals surface area (Å²) in [5.41, 5.74) is 6.68. The maximum Gasteiger partial charge on any atom is 0.339 e. The molecule has 4 aliphatic heterocycles. The predicted octanol–water partition coefficient (Wildman–Crippen LogP) is 7.41. The molecule has 9 rings (SSSR count). The number of methoxy groups -OCH3 is 2. The van der Waals surface area contributed by atoms with Gasteiger partial charge in [0.15, 0.2) is 23.0 Å². The molecule has 0 aliphatic carbocycles. The lowest BCUT2D eigenvalue weighted by molar-refractivity contribution is 0.221. The number of likely N-dealkylation sites (N-methyl/N-ethyl adjacent to an activating group) is 2. The second-order valence-electron chi connectivity index (χ2n) is 14.2. The number of aliphatic hydroxyl groups is 1. The number of rotatable bonds is 6. The van der Waals surface area contributed by atoms with Crippen molar-refractivity contribution >= 4 is 10.1 Å². The van der Waals surface area contributed by atoms with E-state index in [0.717, 1.165) is 59.3 Å². The average molecular weight is 749 g/mol. The zero-order chi connectivity index (χ0) is 37.6. The van der Waals surface area contributed by atoms with Gasteiger partial charge in [0.05, 0.1) is 20.8 Å². The quantitative estimate of drug-likeness (QED) is 0.177. The van der Waals surface area contributed by atoms with Crippen LogP contribution in [-0.2, 0) is 42.4 Å². The van der Waals surface area contributed by atoms with Crippen LogP contribution >= 0.6 is 0 Å². The molecule has 6 bridgehead atoms. The molecule has 0 aromatic heterocycles. The van der Waals surface area contributed by atoms with Crippen molar-refractivity contribution in [1.29, 1.82) is 0 Å². The first-order valence-corrected chi connectivity index (χ1v) is 19.6. The Morgan fingerprint density at radius 2 is 1.43 bits per heavy atom. The summed E-state index contributed by atoms with van der Waals surface area (Å²) in [5, 5.41) is 10.8. The van der Waals surface area contributed by atoms with Crippen molar-refractivity contribution in [2.24, 2.45) is 0 Å². The van der Waals surface area contributed by atoms with Crippen molar-refractivity contribution in [2.45, 2.75) is 49.3 Å². The van der Waals surface area contributed by atoms with Gasteiger partial charge >= 0.3 is 10.1 Å². The average Bonchev–Trinajstić information content (AvgIpc) is 3.18. The molecule has 10 nitrogen and oxygen atoms in total. The van der Waals surface area contributed by atoms with Gasteiger partial charge in [-0.1, -0.05) is 36.4 Å². The van der Waals surface area contributed by atoms with Gasteiger partial charge in [0.1, 0.15) is 16.4 Å². The molecule has 0 fully saturated rings. The summed E-state index contributed by atoms with van der Waals surface area (Å²) >= 11 is 0. The fourth-order valence-electron chi connectivity index (χ4n) is 7.96. The summed E-state index contributed by atoms with van der Waals surface area (Å²) in [5.74, 6) is 2.74. The van der Waals surface area contributed by atoms with Crippen molar-refractivity contribution in [3.8, 4) is 40.2 Å². The highest BCUT2D eigenvalue weighted by molar-refractivity contribution is 7.87. The van der Waals surface area contributed by atoms with E-state index in [1.165, 1.54) is 19.2 Å². The van der Waals surface area contributed by atoms with Crippen LogP contribution < -0.4 is 23.1 Å². The van der Waals surface area contributed by atoms with Crippen LogP contribution in [0.4, 0.5) is 0 Å². The van der Waals surface area contributed by atoms with Crippen molar-refractivity contribution in [1.82, 2.24) is 9.80 Å². The highest BCUT2D eigenvalue weighted by atomic mass is 32.2. The third-order valence-corrected chi connectivity index (χ3v) is 12.2. The van der Waals surface area contributed by atoms with E-state index in [9.17, 15) is 13.5 Å². The molecule has 5 aromatic rings. The first kappa shape index (κ1) is 35.9. The van der Waals surface area contributed by atoms with Gasteiger partial charge in [-0.15, -0.1) is 0 Å². The van der Waals surface area contributed by atoms with Gasteiger partial charge in [-0.3, -0.25) is 9.80 Å². The molecule has 11 heteroatoms. The molecule has 280 valence electrons. The molecule has 0 saturated carbocycles. The minimum Gasteiger partial charge on any atom is -0.493 e. The van der Waals surface area contributed by atoms with Crippen molar-refractivity contribution in [2.75, 3.05) is 41.4 Å². The molecule has 5 aromatic carbocycles. The van der Waals surface area contributed by atoms with Crippen LogP contribution in [0.1, 0.15) is 51.0 Å². The minimum atomic E-state index is -4.33. The van der Waals surface area contributed by atoms with E-state index in [1.807, 2.05) is 48.5 Å². The van der Waals surface area contributed by atoms with Crippen LogP contribution in [-0.4, -0.2) is 64.7 Å². The van der Waals surface area contributed by atoms with E-state index in [-0.39, 0.29) is 40.8 Å². The molecule has 0 spiro atoms. The lowest BCUT2D eigenvalue weighted by Gasteiger charge is -2.37. The summed E-state index contributed by atoms with van der Waals surface area (Å²) in [6, 6.07) is 27.8. The second-order valence-corrected chi connectivity index (χ2v) is 15.8. The molecule has 2 atom stereocenters. The Bertz CT molecular complexity index is 2300. The Hall–Kier alpha value is -5.07. The SMILES string of the molecule is COc1ccc2cc1Oc1ccc(cc1)C[C@H]1c3cc(c(CO)cc3CCN1C)Oc1c(OS(=O)(=O)c3ccccc3)c(OC)cc3c1[C@H](C2)N(C)CC3. The van der Waals surface area contributed by atoms with Gasteiger partial charge in [0, 0.05) is 36.3 Å². The molecule has 0 amide bonds. The normalized spacial score (nSPS) is 18.4.